The zero-order valence-corrected chi connectivity index (χ0v) is 11.2. The van der Waals surface area contributed by atoms with Crippen LogP contribution in [0.25, 0.3) is 0 Å². The van der Waals surface area contributed by atoms with Crippen LogP contribution in [0.5, 0.6) is 0 Å². The van der Waals surface area contributed by atoms with E-state index in [4.69, 9.17) is 0 Å². The van der Waals surface area contributed by atoms with E-state index in [0.717, 1.165) is 31.4 Å². The Kier molecular flexibility index (Phi) is 4.32. The highest BCUT2D eigenvalue weighted by atomic mass is 19.1. The van der Waals surface area contributed by atoms with Crippen molar-refractivity contribution in [1.82, 2.24) is 4.90 Å². The summed E-state index contributed by atoms with van der Waals surface area (Å²) in [6.45, 7) is 2.40. The van der Waals surface area contributed by atoms with Gasteiger partial charge >= 0.3 is 11.8 Å². The molecule has 1 atom stereocenters. The zero-order valence-electron chi connectivity index (χ0n) is 11.2. The van der Waals surface area contributed by atoms with Gasteiger partial charge in [-0.3, -0.25) is 9.59 Å². The predicted octanol–water partition coefficient (Wildman–Crippen LogP) is 2.30. The van der Waals surface area contributed by atoms with Gasteiger partial charge in [-0.15, -0.1) is 0 Å². The summed E-state index contributed by atoms with van der Waals surface area (Å²) in [4.78, 5) is 25.3. The number of likely N-dealkylation sites (tertiary alicyclic amines) is 1. The van der Waals surface area contributed by atoms with E-state index in [0.29, 0.717) is 12.6 Å². The molecule has 4 nitrogen and oxygen atoms in total. The minimum atomic E-state index is -0.905. The van der Waals surface area contributed by atoms with Gasteiger partial charge in [-0.2, -0.15) is 0 Å². The van der Waals surface area contributed by atoms with Crippen molar-refractivity contribution in [1.29, 1.82) is 0 Å². The van der Waals surface area contributed by atoms with Crippen LogP contribution in [0, 0.1) is 11.6 Å². The van der Waals surface area contributed by atoms with Crippen molar-refractivity contribution in [2.75, 3.05) is 11.9 Å². The first-order valence-electron chi connectivity index (χ1n) is 6.56. The summed E-state index contributed by atoms with van der Waals surface area (Å²) in [5.74, 6) is -3.22. The van der Waals surface area contributed by atoms with E-state index in [1.54, 1.807) is 0 Å². The van der Waals surface area contributed by atoms with Crippen molar-refractivity contribution in [3.63, 3.8) is 0 Å². The van der Waals surface area contributed by atoms with Gasteiger partial charge in [-0.05, 0) is 38.3 Å². The van der Waals surface area contributed by atoms with Gasteiger partial charge < -0.3 is 10.2 Å². The molecule has 108 valence electrons. The van der Waals surface area contributed by atoms with Gasteiger partial charge in [0, 0.05) is 18.7 Å². The third kappa shape index (κ3) is 3.12. The number of rotatable bonds is 1. The molecule has 1 fully saturated rings. The lowest BCUT2D eigenvalue weighted by atomic mass is 10.0. The second kappa shape index (κ2) is 5.98. The minimum absolute atomic E-state index is 0.0000599. The fourth-order valence-electron chi connectivity index (χ4n) is 2.30. The van der Waals surface area contributed by atoms with Crippen molar-refractivity contribution in [3.05, 3.63) is 29.8 Å². The topological polar surface area (TPSA) is 49.4 Å². The number of carbonyl (C=O) groups is 2. The molecule has 1 unspecified atom stereocenters. The van der Waals surface area contributed by atoms with Gasteiger partial charge in [0.05, 0.1) is 5.69 Å². The molecule has 1 N–H and O–H groups in total. The maximum atomic E-state index is 13.4. The largest absolute Gasteiger partial charge is 0.332 e. The summed E-state index contributed by atoms with van der Waals surface area (Å²) in [7, 11) is 0. The summed E-state index contributed by atoms with van der Waals surface area (Å²) in [5, 5.41) is 2.18. The van der Waals surface area contributed by atoms with Crippen molar-refractivity contribution >= 4 is 17.5 Å². The predicted molar refractivity (Wildman–Crippen MR) is 70.0 cm³/mol. The quantitative estimate of drug-likeness (QED) is 0.804. The van der Waals surface area contributed by atoms with E-state index >= 15 is 0 Å². The molecule has 0 saturated carbocycles. The van der Waals surface area contributed by atoms with Gasteiger partial charge in [-0.1, -0.05) is 0 Å². The summed E-state index contributed by atoms with van der Waals surface area (Å²) in [5.41, 5.74) is -0.200. The summed E-state index contributed by atoms with van der Waals surface area (Å²) in [6.07, 6.45) is 2.73. The first kappa shape index (κ1) is 14.4. The molecule has 20 heavy (non-hydrogen) atoms. The molecular formula is C14H16F2N2O2. The van der Waals surface area contributed by atoms with Gasteiger partial charge in [0.25, 0.3) is 0 Å². The number of piperidine rings is 1. The lowest BCUT2D eigenvalue weighted by Crippen LogP contribution is -2.47. The van der Waals surface area contributed by atoms with Crippen LogP contribution < -0.4 is 5.32 Å². The lowest BCUT2D eigenvalue weighted by Gasteiger charge is -2.32. The van der Waals surface area contributed by atoms with E-state index in [-0.39, 0.29) is 11.7 Å². The van der Waals surface area contributed by atoms with Crippen LogP contribution >= 0.6 is 0 Å². The highest BCUT2D eigenvalue weighted by Crippen LogP contribution is 2.18. The number of carbonyl (C=O) groups excluding carboxylic acids is 2. The van der Waals surface area contributed by atoms with E-state index in [2.05, 4.69) is 5.32 Å². The number of amides is 2. The van der Waals surface area contributed by atoms with Crippen molar-refractivity contribution in [2.24, 2.45) is 0 Å². The molecule has 1 saturated heterocycles. The minimum Gasteiger partial charge on any atom is -0.332 e. The van der Waals surface area contributed by atoms with Gasteiger partial charge in [-0.25, -0.2) is 8.78 Å². The Labute approximate surface area is 115 Å². The number of nitrogens with zero attached hydrogens (tertiary/aromatic N) is 1. The molecule has 0 bridgehead atoms. The number of nitrogens with one attached hydrogen (secondary N) is 1. The molecule has 0 aliphatic carbocycles. The first-order chi connectivity index (χ1) is 9.49. The van der Waals surface area contributed by atoms with Crippen molar-refractivity contribution in [2.45, 2.75) is 32.2 Å². The molecule has 1 aliphatic heterocycles. The number of halogens is 2. The fourth-order valence-corrected chi connectivity index (χ4v) is 2.30. The Morgan fingerprint density at radius 1 is 1.30 bits per heavy atom. The normalized spacial score (nSPS) is 18.8. The van der Waals surface area contributed by atoms with Crippen LogP contribution in [0.2, 0.25) is 0 Å². The second-order valence-electron chi connectivity index (χ2n) is 4.92. The van der Waals surface area contributed by atoms with E-state index < -0.39 is 23.4 Å². The third-order valence-corrected chi connectivity index (χ3v) is 3.44. The summed E-state index contributed by atoms with van der Waals surface area (Å²) >= 11 is 0. The molecule has 0 radical (unpaired) electrons. The van der Waals surface area contributed by atoms with Crippen LogP contribution in [-0.2, 0) is 9.59 Å². The highest BCUT2D eigenvalue weighted by molar-refractivity contribution is 6.39. The Morgan fingerprint density at radius 3 is 2.70 bits per heavy atom. The average Bonchev–Trinajstić information content (AvgIpc) is 2.41. The Balaban J connectivity index is 2.05. The maximum absolute atomic E-state index is 13.4. The molecule has 1 heterocycles. The molecule has 2 amide bonds. The molecular weight excluding hydrogens is 266 g/mol. The fraction of sp³-hybridized carbons (Fsp3) is 0.429. The molecule has 2 rings (SSSR count). The highest BCUT2D eigenvalue weighted by Gasteiger charge is 2.28. The first-order valence-corrected chi connectivity index (χ1v) is 6.56. The van der Waals surface area contributed by atoms with Crippen LogP contribution in [-0.4, -0.2) is 29.3 Å². The average molecular weight is 282 g/mol. The number of benzene rings is 1. The maximum Gasteiger partial charge on any atom is 0.313 e. The number of hydrogen-bond donors (Lipinski definition) is 1. The Bertz CT molecular complexity index is 534. The molecule has 0 aromatic heterocycles. The van der Waals surface area contributed by atoms with E-state index in [1.165, 1.54) is 4.90 Å². The smallest absolute Gasteiger partial charge is 0.313 e. The summed E-state index contributed by atoms with van der Waals surface area (Å²) in [6, 6.07) is 2.77. The molecule has 1 aliphatic rings. The van der Waals surface area contributed by atoms with Crippen LogP contribution in [0.15, 0.2) is 18.2 Å². The Morgan fingerprint density at radius 2 is 2.05 bits per heavy atom. The van der Waals surface area contributed by atoms with Crippen LogP contribution in [0.4, 0.5) is 14.5 Å². The zero-order chi connectivity index (χ0) is 14.7. The number of anilines is 1. The lowest BCUT2D eigenvalue weighted by molar-refractivity contribution is -0.145. The van der Waals surface area contributed by atoms with Crippen LogP contribution in [0.1, 0.15) is 26.2 Å². The number of hydrogen-bond acceptors (Lipinski definition) is 2. The van der Waals surface area contributed by atoms with E-state index in [9.17, 15) is 18.4 Å². The second-order valence-corrected chi connectivity index (χ2v) is 4.92. The monoisotopic (exact) mass is 282 g/mol. The molecule has 0 spiro atoms. The van der Waals surface area contributed by atoms with Crippen molar-refractivity contribution < 1.29 is 18.4 Å². The third-order valence-electron chi connectivity index (χ3n) is 3.44. The van der Waals surface area contributed by atoms with Gasteiger partial charge in [0.2, 0.25) is 0 Å². The van der Waals surface area contributed by atoms with Crippen molar-refractivity contribution in [3.8, 4) is 0 Å². The summed E-state index contributed by atoms with van der Waals surface area (Å²) < 4.78 is 26.2. The standard InChI is InChI=1S/C14H16F2N2O2/c1-9-4-2-3-7-18(9)14(20)13(19)17-12-6-5-10(15)8-11(12)16/h5-6,8-9H,2-4,7H2,1H3,(H,17,19). The van der Waals surface area contributed by atoms with Crippen LogP contribution in [0.3, 0.4) is 0 Å². The molecule has 1 aromatic rings. The van der Waals surface area contributed by atoms with E-state index in [1.807, 2.05) is 6.92 Å². The van der Waals surface area contributed by atoms with Gasteiger partial charge in [0.15, 0.2) is 0 Å². The Hall–Kier alpha value is -1.98. The molecule has 1 aromatic carbocycles. The SMILES string of the molecule is CC1CCCCN1C(=O)C(=O)Nc1ccc(F)cc1F. The van der Waals surface area contributed by atoms with Gasteiger partial charge in [0.1, 0.15) is 11.6 Å². The molecule has 6 heteroatoms.